The number of hydrogen-bond donors (Lipinski definition) is 1. The minimum Gasteiger partial charge on any atom is -0.477 e. The quantitative estimate of drug-likeness (QED) is 0.831. The molecule has 0 bridgehead atoms. The van der Waals surface area contributed by atoms with Crippen LogP contribution in [0.2, 0.25) is 0 Å². The van der Waals surface area contributed by atoms with Crippen molar-refractivity contribution in [2.75, 3.05) is 7.11 Å². The van der Waals surface area contributed by atoms with Gasteiger partial charge < -0.3 is 9.94 Å². The second-order valence-corrected chi connectivity index (χ2v) is 3.29. The van der Waals surface area contributed by atoms with Gasteiger partial charge in [0.1, 0.15) is 12.7 Å². The van der Waals surface area contributed by atoms with Gasteiger partial charge in [-0.05, 0) is 12.1 Å². The Kier molecular flexibility index (Phi) is 5.05. The number of fused-ring (bicyclic) bond motifs is 1. The molecular formula is C11H9BF2NO4. The highest BCUT2D eigenvalue weighted by Crippen LogP contribution is 2.10. The summed E-state index contributed by atoms with van der Waals surface area (Å²) in [4.78, 5) is 27.6. The van der Waals surface area contributed by atoms with E-state index in [0.29, 0.717) is 10.9 Å². The number of aromatic carboxylic acids is 1. The van der Waals surface area contributed by atoms with Crippen molar-refractivity contribution in [3.05, 3.63) is 46.2 Å². The molecule has 0 saturated carbocycles. The van der Waals surface area contributed by atoms with E-state index in [1.165, 1.54) is 18.0 Å². The van der Waals surface area contributed by atoms with Crippen LogP contribution in [0.3, 0.4) is 0 Å². The van der Waals surface area contributed by atoms with Crippen LogP contribution in [0, 0.1) is 0 Å². The number of rotatable bonds is 2. The summed E-state index contributed by atoms with van der Waals surface area (Å²) in [5.74, 6) is -1.26. The predicted octanol–water partition coefficient (Wildman–Crippen LogP) is 1.22. The molecule has 1 N–H and O–H groups in total. The van der Waals surface area contributed by atoms with Crippen molar-refractivity contribution >= 4 is 24.7 Å². The van der Waals surface area contributed by atoms with Crippen LogP contribution in [0.15, 0.2) is 35.3 Å². The lowest BCUT2D eigenvalue weighted by atomic mass is 10.1. The fourth-order valence-corrected chi connectivity index (χ4v) is 1.55. The Labute approximate surface area is 107 Å². The number of nitrogens with zero attached hydrogens (tertiary/aromatic N) is 1. The second kappa shape index (κ2) is 6.53. The Morgan fingerprint density at radius 1 is 1.37 bits per heavy atom. The molecule has 1 aromatic heterocycles. The molecule has 0 aliphatic heterocycles. The summed E-state index contributed by atoms with van der Waals surface area (Å²) in [7, 11) is 0.405. The zero-order valence-electron chi connectivity index (χ0n) is 9.84. The van der Waals surface area contributed by atoms with Gasteiger partial charge in [-0.1, -0.05) is 12.1 Å². The second-order valence-electron chi connectivity index (χ2n) is 3.29. The Morgan fingerprint density at radius 2 is 1.95 bits per heavy atom. The van der Waals surface area contributed by atoms with E-state index in [9.17, 15) is 18.2 Å². The number of carbonyl (C=O) groups is 1. The highest BCUT2D eigenvalue weighted by atomic mass is 19.2. The molecule has 19 heavy (non-hydrogen) atoms. The molecule has 1 heterocycles. The molecule has 2 rings (SSSR count). The van der Waals surface area contributed by atoms with Crippen molar-refractivity contribution < 1.29 is 23.4 Å². The summed E-state index contributed by atoms with van der Waals surface area (Å²) >= 11 is 0. The largest absolute Gasteiger partial charge is 0.577 e. The summed E-state index contributed by atoms with van der Waals surface area (Å²) in [6.45, 7) is 0. The molecule has 99 valence electrons. The fraction of sp³-hybridized carbons (Fsp3) is 0.0909. The van der Waals surface area contributed by atoms with Crippen LogP contribution in [0.25, 0.3) is 10.9 Å². The smallest absolute Gasteiger partial charge is 0.477 e. The van der Waals surface area contributed by atoms with Crippen LogP contribution in [0.1, 0.15) is 10.4 Å². The van der Waals surface area contributed by atoms with E-state index >= 15 is 0 Å². The van der Waals surface area contributed by atoms with E-state index in [1.807, 2.05) is 0 Å². The van der Waals surface area contributed by atoms with Gasteiger partial charge >= 0.3 is 13.8 Å². The summed E-state index contributed by atoms with van der Waals surface area (Å²) in [6, 6.07) is 6.68. The molecular weight excluding hydrogens is 259 g/mol. The summed E-state index contributed by atoms with van der Waals surface area (Å²) in [6.07, 6.45) is 1.17. The van der Waals surface area contributed by atoms with Crippen LogP contribution in [-0.4, -0.2) is 30.7 Å². The Hall–Kier alpha value is -2.38. The zero-order chi connectivity index (χ0) is 14.4. The number of pyridine rings is 1. The van der Waals surface area contributed by atoms with Gasteiger partial charge in [-0.2, -0.15) is 4.73 Å². The third kappa shape index (κ3) is 3.09. The molecule has 5 nitrogen and oxygen atoms in total. The number of aromatic nitrogens is 1. The maximum Gasteiger partial charge on any atom is 0.577 e. The lowest BCUT2D eigenvalue weighted by Crippen LogP contribution is -2.20. The maximum atomic E-state index is 11.8. The summed E-state index contributed by atoms with van der Waals surface area (Å²) in [5, 5.41) is 9.20. The molecule has 0 aliphatic carbocycles. The molecule has 0 fully saturated rings. The number of para-hydroxylation sites is 1. The highest BCUT2D eigenvalue weighted by molar-refractivity contribution is 6.15. The number of halogens is 2. The van der Waals surface area contributed by atoms with Crippen molar-refractivity contribution in [2.45, 2.75) is 0 Å². The normalized spacial score (nSPS) is 9.42. The minimum atomic E-state index is -1.26. The van der Waals surface area contributed by atoms with Crippen molar-refractivity contribution in [1.29, 1.82) is 0 Å². The molecule has 2 aromatic rings. The summed E-state index contributed by atoms with van der Waals surface area (Å²) < 4.78 is 20.3. The Morgan fingerprint density at radius 3 is 2.47 bits per heavy atom. The lowest BCUT2D eigenvalue weighted by Gasteiger charge is -2.09. The van der Waals surface area contributed by atoms with Gasteiger partial charge in [0.25, 0.3) is 0 Å². The Balaban J connectivity index is 0.000000550. The third-order valence-electron chi connectivity index (χ3n) is 2.30. The third-order valence-corrected chi connectivity index (χ3v) is 2.30. The number of carboxylic acids is 1. The van der Waals surface area contributed by atoms with Crippen molar-refractivity contribution in [3.63, 3.8) is 0 Å². The van der Waals surface area contributed by atoms with Crippen LogP contribution >= 0.6 is 0 Å². The minimum absolute atomic E-state index is 0.305. The van der Waals surface area contributed by atoms with Crippen molar-refractivity contribution in [3.8, 4) is 0 Å². The Bertz CT molecular complexity index is 644. The van der Waals surface area contributed by atoms with Gasteiger partial charge in [0.05, 0.1) is 11.7 Å². The van der Waals surface area contributed by atoms with Crippen molar-refractivity contribution in [1.82, 2.24) is 4.73 Å². The molecule has 0 amide bonds. The summed E-state index contributed by atoms with van der Waals surface area (Å²) in [5.41, 5.74) is -0.267. The van der Waals surface area contributed by atoms with Crippen LogP contribution in [0.4, 0.5) is 8.63 Å². The standard InChI is InChI=1S/C11H9NO4.BF2/c1-16-12-6-8(11(14)15)10(13)7-4-2-3-5-9(7)12;2-1-3/h2-6H,1H3,(H,14,15);. The molecule has 0 spiro atoms. The van der Waals surface area contributed by atoms with E-state index in [4.69, 9.17) is 9.94 Å². The molecule has 0 atom stereocenters. The van der Waals surface area contributed by atoms with Gasteiger partial charge in [0.15, 0.2) is 0 Å². The van der Waals surface area contributed by atoms with Gasteiger partial charge in [0.2, 0.25) is 5.43 Å². The molecule has 1 aromatic carbocycles. The monoisotopic (exact) mass is 268 g/mol. The maximum absolute atomic E-state index is 11.8. The molecule has 0 saturated heterocycles. The first-order valence-electron chi connectivity index (χ1n) is 5.01. The van der Waals surface area contributed by atoms with E-state index in [2.05, 4.69) is 0 Å². The first-order chi connectivity index (χ1) is 9.06. The number of hydrogen-bond acceptors (Lipinski definition) is 3. The van der Waals surface area contributed by atoms with Crippen LogP contribution < -0.4 is 10.3 Å². The zero-order valence-corrected chi connectivity index (χ0v) is 9.84. The molecule has 0 aliphatic rings. The predicted molar refractivity (Wildman–Crippen MR) is 65.6 cm³/mol. The SMILES string of the molecule is COn1cc(C(=O)O)c(=O)c2ccccc21.F[B]F. The van der Waals surface area contributed by atoms with Gasteiger partial charge in [-0.25, -0.2) is 4.79 Å². The van der Waals surface area contributed by atoms with Gasteiger partial charge in [0, 0.05) is 5.39 Å². The van der Waals surface area contributed by atoms with E-state index in [-0.39, 0.29) is 5.56 Å². The first kappa shape index (κ1) is 14.7. The van der Waals surface area contributed by atoms with E-state index in [0.717, 1.165) is 0 Å². The highest BCUT2D eigenvalue weighted by Gasteiger charge is 2.13. The molecule has 1 radical (unpaired) electrons. The average Bonchev–Trinajstić information content (AvgIpc) is 2.40. The van der Waals surface area contributed by atoms with Crippen molar-refractivity contribution in [2.24, 2.45) is 0 Å². The van der Waals surface area contributed by atoms with Crippen LogP contribution in [-0.2, 0) is 0 Å². The first-order valence-corrected chi connectivity index (χ1v) is 5.01. The number of benzene rings is 1. The molecule has 0 unspecified atom stereocenters. The number of carboxylic acid groups (broad SMARTS) is 1. The molecule has 8 heteroatoms. The van der Waals surface area contributed by atoms with E-state index in [1.54, 1.807) is 24.3 Å². The van der Waals surface area contributed by atoms with Gasteiger partial charge in [-0.3, -0.25) is 13.4 Å². The topological polar surface area (TPSA) is 68.5 Å². The lowest BCUT2D eigenvalue weighted by molar-refractivity contribution is 0.0691. The fourth-order valence-electron chi connectivity index (χ4n) is 1.55. The van der Waals surface area contributed by atoms with Gasteiger partial charge in [-0.15, -0.1) is 0 Å². The van der Waals surface area contributed by atoms with Crippen LogP contribution in [0.5, 0.6) is 0 Å². The average molecular weight is 268 g/mol. The van der Waals surface area contributed by atoms with E-state index < -0.39 is 19.2 Å².